The van der Waals surface area contributed by atoms with Crippen molar-refractivity contribution in [1.82, 2.24) is 30.4 Å². The molecular weight excluding hydrogens is 410 g/mol. The van der Waals surface area contributed by atoms with Crippen LogP contribution in [0.5, 0.6) is 0 Å². The van der Waals surface area contributed by atoms with Gasteiger partial charge < -0.3 is 5.32 Å². The smallest absolute Gasteiger partial charge is 0.261 e. The Morgan fingerprint density at radius 3 is 2.39 bits per heavy atom. The van der Waals surface area contributed by atoms with Gasteiger partial charge in [0.1, 0.15) is 0 Å². The summed E-state index contributed by atoms with van der Waals surface area (Å²) in [6.07, 6.45) is 0.353. The van der Waals surface area contributed by atoms with Crippen LogP contribution in [0.2, 0.25) is 0 Å². The second-order valence-corrected chi connectivity index (χ2v) is 6.79. The Kier molecular flexibility index (Phi) is 5.48. The summed E-state index contributed by atoms with van der Waals surface area (Å²) in [6.45, 7) is 0.0736. The largest absolute Gasteiger partial charge is 0.349 e. The lowest BCUT2D eigenvalue weighted by Gasteiger charge is -2.13. The number of imide groups is 1. The SMILES string of the molecule is O=C(CCCN1C(=O)c2ccccc2C1=O)NCc1nnnn1-c1ccc(F)c(F)c1. The summed E-state index contributed by atoms with van der Waals surface area (Å²) in [4.78, 5) is 37.9. The normalized spacial score (nSPS) is 12.9. The van der Waals surface area contributed by atoms with Gasteiger partial charge in [0, 0.05) is 19.0 Å². The van der Waals surface area contributed by atoms with Crippen LogP contribution in [0.4, 0.5) is 8.78 Å². The highest BCUT2D eigenvalue weighted by molar-refractivity contribution is 6.21. The molecule has 0 saturated carbocycles. The van der Waals surface area contributed by atoms with Gasteiger partial charge in [-0.2, -0.15) is 4.68 Å². The zero-order valence-electron chi connectivity index (χ0n) is 16.1. The minimum atomic E-state index is -1.05. The summed E-state index contributed by atoms with van der Waals surface area (Å²) < 4.78 is 27.7. The second-order valence-electron chi connectivity index (χ2n) is 6.79. The van der Waals surface area contributed by atoms with Crippen LogP contribution >= 0.6 is 0 Å². The third-order valence-electron chi connectivity index (χ3n) is 4.79. The number of tetrazole rings is 1. The predicted octanol–water partition coefficient (Wildman–Crippen LogP) is 1.63. The Bertz CT molecular complexity index is 1140. The Balaban J connectivity index is 1.29. The van der Waals surface area contributed by atoms with E-state index in [1.165, 1.54) is 10.7 Å². The van der Waals surface area contributed by atoms with E-state index in [1.54, 1.807) is 24.3 Å². The van der Waals surface area contributed by atoms with Gasteiger partial charge in [0.25, 0.3) is 11.8 Å². The number of hydrogen-bond donors (Lipinski definition) is 1. The molecule has 0 fully saturated rings. The number of benzene rings is 2. The van der Waals surface area contributed by atoms with E-state index in [0.717, 1.165) is 17.0 Å². The van der Waals surface area contributed by atoms with E-state index in [1.807, 2.05) is 0 Å². The number of rotatable bonds is 7. The van der Waals surface area contributed by atoms with Crippen LogP contribution < -0.4 is 5.32 Å². The van der Waals surface area contributed by atoms with Crippen LogP contribution in [-0.2, 0) is 11.3 Å². The third-order valence-corrected chi connectivity index (χ3v) is 4.79. The fraction of sp³-hybridized carbons (Fsp3) is 0.200. The molecule has 0 saturated heterocycles. The Labute approximate surface area is 174 Å². The highest BCUT2D eigenvalue weighted by Crippen LogP contribution is 2.22. The zero-order chi connectivity index (χ0) is 22.0. The lowest BCUT2D eigenvalue weighted by Crippen LogP contribution is -2.32. The van der Waals surface area contributed by atoms with Gasteiger partial charge in [-0.25, -0.2) is 8.78 Å². The lowest BCUT2D eigenvalue weighted by atomic mass is 10.1. The van der Waals surface area contributed by atoms with Gasteiger partial charge >= 0.3 is 0 Å². The molecule has 2 aromatic carbocycles. The van der Waals surface area contributed by atoms with Crippen LogP contribution in [0.3, 0.4) is 0 Å². The van der Waals surface area contributed by atoms with Crippen molar-refractivity contribution in [2.45, 2.75) is 19.4 Å². The topological polar surface area (TPSA) is 110 Å². The van der Waals surface area contributed by atoms with E-state index in [-0.39, 0.29) is 55.2 Å². The molecule has 1 aliphatic rings. The number of carbonyl (C=O) groups is 3. The molecule has 1 aliphatic heterocycles. The van der Waals surface area contributed by atoms with Crippen molar-refractivity contribution in [2.75, 3.05) is 6.54 Å². The molecular formula is C20H16F2N6O3. The number of aromatic nitrogens is 4. The fourth-order valence-electron chi connectivity index (χ4n) is 3.24. The van der Waals surface area contributed by atoms with E-state index in [9.17, 15) is 23.2 Å². The first-order valence-electron chi connectivity index (χ1n) is 9.40. The molecule has 0 bridgehead atoms. The van der Waals surface area contributed by atoms with Crippen LogP contribution in [0.1, 0.15) is 39.4 Å². The number of hydrogen-bond acceptors (Lipinski definition) is 6. The van der Waals surface area contributed by atoms with Crippen molar-refractivity contribution in [3.8, 4) is 5.69 Å². The van der Waals surface area contributed by atoms with Crippen molar-refractivity contribution in [3.05, 3.63) is 71.1 Å². The molecule has 1 aromatic heterocycles. The van der Waals surface area contributed by atoms with Crippen LogP contribution in [0.15, 0.2) is 42.5 Å². The van der Waals surface area contributed by atoms with Gasteiger partial charge in [0.15, 0.2) is 17.5 Å². The summed E-state index contributed by atoms with van der Waals surface area (Å²) in [5, 5.41) is 13.6. The Hall–Kier alpha value is -4.02. The second kappa shape index (κ2) is 8.38. The summed E-state index contributed by atoms with van der Waals surface area (Å²) in [6, 6.07) is 9.78. The molecule has 31 heavy (non-hydrogen) atoms. The molecule has 3 aromatic rings. The molecule has 158 valence electrons. The standard InChI is InChI=1S/C20H16F2N6O3/c21-15-8-7-12(10-16(15)22)28-17(24-25-26-28)11-23-18(29)6-3-9-27-19(30)13-4-1-2-5-14(13)20(27)31/h1-2,4-5,7-8,10H,3,6,9,11H2,(H,23,29). The van der Waals surface area contributed by atoms with E-state index < -0.39 is 11.6 Å². The molecule has 11 heteroatoms. The maximum Gasteiger partial charge on any atom is 0.261 e. The summed E-state index contributed by atoms with van der Waals surface area (Å²) >= 11 is 0. The molecule has 0 atom stereocenters. The zero-order valence-corrected chi connectivity index (χ0v) is 16.1. The molecule has 3 amide bonds. The van der Waals surface area contributed by atoms with E-state index in [0.29, 0.717) is 11.1 Å². The first-order valence-corrected chi connectivity index (χ1v) is 9.40. The Morgan fingerprint density at radius 1 is 1.00 bits per heavy atom. The van der Waals surface area contributed by atoms with Crippen LogP contribution in [-0.4, -0.2) is 49.4 Å². The summed E-state index contributed by atoms with van der Waals surface area (Å²) in [7, 11) is 0. The number of carbonyl (C=O) groups excluding carboxylic acids is 3. The maximum atomic E-state index is 13.4. The minimum absolute atomic E-state index is 0.0438. The van der Waals surface area contributed by atoms with Crippen molar-refractivity contribution < 1.29 is 23.2 Å². The highest BCUT2D eigenvalue weighted by Gasteiger charge is 2.34. The average Bonchev–Trinajstić information content (AvgIpc) is 3.33. The van der Waals surface area contributed by atoms with Crippen LogP contribution in [0.25, 0.3) is 5.69 Å². The molecule has 0 spiro atoms. The third kappa shape index (κ3) is 4.02. The predicted molar refractivity (Wildman–Crippen MR) is 102 cm³/mol. The molecule has 1 N–H and O–H groups in total. The first-order chi connectivity index (χ1) is 15.0. The first kappa shape index (κ1) is 20.3. The van der Waals surface area contributed by atoms with Crippen molar-refractivity contribution in [3.63, 3.8) is 0 Å². The molecule has 0 radical (unpaired) electrons. The Morgan fingerprint density at radius 2 is 1.71 bits per heavy atom. The quantitative estimate of drug-likeness (QED) is 0.575. The van der Waals surface area contributed by atoms with Gasteiger partial charge in [-0.15, -0.1) is 5.10 Å². The number of amides is 3. The number of nitrogens with one attached hydrogen (secondary N) is 1. The molecule has 0 unspecified atom stereocenters. The van der Waals surface area contributed by atoms with Crippen molar-refractivity contribution in [1.29, 1.82) is 0 Å². The van der Waals surface area contributed by atoms with E-state index in [4.69, 9.17) is 0 Å². The summed E-state index contributed by atoms with van der Waals surface area (Å²) in [5.74, 6) is -2.89. The number of halogens is 2. The lowest BCUT2D eigenvalue weighted by molar-refractivity contribution is -0.121. The summed E-state index contributed by atoms with van der Waals surface area (Å²) in [5.41, 5.74) is 0.931. The van der Waals surface area contributed by atoms with Gasteiger partial charge in [-0.05, 0) is 41.1 Å². The monoisotopic (exact) mass is 426 g/mol. The average molecular weight is 426 g/mol. The van der Waals surface area contributed by atoms with Gasteiger partial charge in [0.2, 0.25) is 5.91 Å². The van der Waals surface area contributed by atoms with Gasteiger partial charge in [0.05, 0.1) is 23.4 Å². The molecule has 4 rings (SSSR count). The molecule has 0 aliphatic carbocycles. The van der Waals surface area contributed by atoms with E-state index in [2.05, 4.69) is 20.8 Å². The van der Waals surface area contributed by atoms with Gasteiger partial charge in [-0.1, -0.05) is 12.1 Å². The van der Waals surface area contributed by atoms with Crippen LogP contribution in [0, 0.1) is 11.6 Å². The van der Waals surface area contributed by atoms with Gasteiger partial charge in [-0.3, -0.25) is 19.3 Å². The van der Waals surface area contributed by atoms with Crippen molar-refractivity contribution in [2.24, 2.45) is 0 Å². The molecule has 2 heterocycles. The fourth-order valence-corrected chi connectivity index (χ4v) is 3.24. The number of nitrogens with zero attached hydrogens (tertiary/aromatic N) is 5. The van der Waals surface area contributed by atoms with Crippen molar-refractivity contribution >= 4 is 17.7 Å². The van der Waals surface area contributed by atoms with E-state index >= 15 is 0 Å². The number of fused-ring (bicyclic) bond motifs is 1. The molecule has 9 nitrogen and oxygen atoms in total. The minimum Gasteiger partial charge on any atom is -0.349 e. The highest BCUT2D eigenvalue weighted by atomic mass is 19.2. The maximum absolute atomic E-state index is 13.4.